The van der Waals surface area contributed by atoms with Crippen molar-refractivity contribution in [2.24, 2.45) is 5.92 Å². The molecule has 1 saturated heterocycles. The van der Waals surface area contributed by atoms with Gasteiger partial charge in [-0.1, -0.05) is 23.2 Å². The van der Waals surface area contributed by atoms with E-state index in [0.717, 1.165) is 0 Å². The molecule has 0 aromatic heterocycles. The summed E-state index contributed by atoms with van der Waals surface area (Å²) in [5, 5.41) is 9.62. The number of aliphatic carboxylic acids is 1. The molecule has 2 N–H and O–H groups in total. The smallest absolute Gasteiger partial charge is 0.308 e. The molecule has 3 rings (SSSR count). The summed E-state index contributed by atoms with van der Waals surface area (Å²) in [5.74, 6) is -2.12. The van der Waals surface area contributed by atoms with Gasteiger partial charge >= 0.3 is 5.97 Å². The van der Waals surface area contributed by atoms with E-state index in [9.17, 15) is 18.0 Å². The predicted octanol–water partition coefficient (Wildman–Crippen LogP) is 3.23. The van der Waals surface area contributed by atoms with Gasteiger partial charge in [-0.15, -0.1) is 0 Å². The number of carboxylic acid groups (broad SMARTS) is 1. The number of hydrogen-bond acceptors (Lipinski definition) is 4. The molecule has 142 valence electrons. The molecule has 0 radical (unpaired) electrons. The minimum atomic E-state index is -3.89. The van der Waals surface area contributed by atoms with Gasteiger partial charge in [-0.25, -0.2) is 8.42 Å². The van der Waals surface area contributed by atoms with Crippen LogP contribution < -0.4 is 9.62 Å². The molecular formula is C17H14Cl2N2O5S. The van der Waals surface area contributed by atoms with Crippen molar-refractivity contribution in [3.05, 3.63) is 52.5 Å². The lowest BCUT2D eigenvalue weighted by atomic mass is 10.1. The van der Waals surface area contributed by atoms with Crippen LogP contribution in [0.3, 0.4) is 0 Å². The number of nitrogens with zero attached hydrogens (tertiary/aromatic N) is 1. The van der Waals surface area contributed by atoms with Crippen LogP contribution in [0.5, 0.6) is 0 Å². The maximum Gasteiger partial charge on any atom is 0.308 e. The Bertz CT molecular complexity index is 988. The number of sulfonamides is 1. The molecule has 1 aliphatic heterocycles. The van der Waals surface area contributed by atoms with Crippen molar-refractivity contribution in [1.82, 2.24) is 0 Å². The van der Waals surface area contributed by atoms with Gasteiger partial charge in [0.25, 0.3) is 10.0 Å². The Morgan fingerprint density at radius 3 is 2.22 bits per heavy atom. The molecule has 2 aromatic rings. The second-order valence-electron chi connectivity index (χ2n) is 6.00. The number of anilines is 2. The standard InChI is InChI=1S/C17H14Cl2N2O5S/c18-11-6-12(19)8-13(7-11)20-27(25,26)15-3-1-14(2-4-15)21-9-10(17(23)24)5-16(21)22/h1-4,6-8,10,20H,5,9H2,(H,23,24)/t10-/m1/s1. The van der Waals surface area contributed by atoms with Crippen LogP contribution in [0.15, 0.2) is 47.4 Å². The molecule has 0 aliphatic carbocycles. The summed E-state index contributed by atoms with van der Waals surface area (Å²) < 4.78 is 27.4. The van der Waals surface area contributed by atoms with Crippen molar-refractivity contribution < 1.29 is 23.1 Å². The SMILES string of the molecule is O=C(O)[C@@H]1CC(=O)N(c2ccc(S(=O)(=O)Nc3cc(Cl)cc(Cl)c3)cc2)C1. The van der Waals surface area contributed by atoms with Crippen LogP contribution in [0.1, 0.15) is 6.42 Å². The third kappa shape index (κ3) is 4.35. The number of benzene rings is 2. The van der Waals surface area contributed by atoms with Crippen LogP contribution in [0, 0.1) is 5.92 Å². The Morgan fingerprint density at radius 2 is 1.70 bits per heavy atom. The van der Waals surface area contributed by atoms with Gasteiger partial charge in [0.15, 0.2) is 0 Å². The Hall–Kier alpha value is -2.29. The third-order valence-corrected chi connectivity index (χ3v) is 5.88. The van der Waals surface area contributed by atoms with Gasteiger partial charge in [-0.2, -0.15) is 0 Å². The molecular weight excluding hydrogens is 415 g/mol. The molecule has 2 aromatic carbocycles. The van der Waals surface area contributed by atoms with E-state index in [4.69, 9.17) is 28.3 Å². The van der Waals surface area contributed by atoms with Crippen LogP contribution >= 0.6 is 23.2 Å². The number of carboxylic acids is 1. The van der Waals surface area contributed by atoms with Crippen LogP contribution in [0.25, 0.3) is 0 Å². The lowest BCUT2D eigenvalue weighted by Gasteiger charge is -2.16. The van der Waals surface area contributed by atoms with Crippen molar-refractivity contribution in [2.75, 3.05) is 16.2 Å². The number of hydrogen-bond donors (Lipinski definition) is 2. The first-order valence-corrected chi connectivity index (χ1v) is 10.0. The molecule has 27 heavy (non-hydrogen) atoms. The molecule has 1 aliphatic rings. The van der Waals surface area contributed by atoms with E-state index < -0.39 is 21.9 Å². The van der Waals surface area contributed by atoms with Crippen LogP contribution in [-0.4, -0.2) is 31.9 Å². The minimum absolute atomic E-state index is 0.0243. The van der Waals surface area contributed by atoms with Gasteiger partial charge in [0.2, 0.25) is 5.91 Å². The van der Waals surface area contributed by atoms with E-state index in [1.54, 1.807) is 0 Å². The number of carbonyl (C=O) groups is 2. The zero-order chi connectivity index (χ0) is 19.8. The van der Waals surface area contributed by atoms with Crippen molar-refractivity contribution in [3.8, 4) is 0 Å². The zero-order valence-electron chi connectivity index (χ0n) is 13.7. The van der Waals surface area contributed by atoms with Gasteiger partial charge < -0.3 is 10.0 Å². The fourth-order valence-corrected chi connectivity index (χ4v) is 4.32. The highest BCUT2D eigenvalue weighted by Gasteiger charge is 2.35. The van der Waals surface area contributed by atoms with Crippen molar-refractivity contribution in [1.29, 1.82) is 0 Å². The molecule has 1 heterocycles. The Balaban J connectivity index is 1.80. The predicted molar refractivity (Wildman–Crippen MR) is 102 cm³/mol. The topological polar surface area (TPSA) is 104 Å². The quantitative estimate of drug-likeness (QED) is 0.760. The normalized spacial score (nSPS) is 17.2. The lowest BCUT2D eigenvalue weighted by molar-refractivity contribution is -0.141. The molecule has 1 atom stereocenters. The summed E-state index contributed by atoms with van der Waals surface area (Å²) in [6.45, 7) is 0.0551. The number of carbonyl (C=O) groups excluding carboxylic acids is 1. The first kappa shape index (κ1) is 19.5. The zero-order valence-corrected chi connectivity index (χ0v) is 16.1. The average molecular weight is 429 g/mol. The highest BCUT2D eigenvalue weighted by Crippen LogP contribution is 2.28. The van der Waals surface area contributed by atoms with Gasteiger partial charge in [-0.3, -0.25) is 14.3 Å². The fourth-order valence-electron chi connectivity index (χ4n) is 2.75. The van der Waals surface area contributed by atoms with E-state index in [1.807, 2.05) is 0 Å². The average Bonchev–Trinajstić information content (AvgIpc) is 2.96. The molecule has 0 saturated carbocycles. The largest absolute Gasteiger partial charge is 0.481 e. The molecule has 1 fully saturated rings. The summed E-state index contributed by atoms with van der Waals surface area (Å²) in [5.41, 5.74) is 0.657. The highest BCUT2D eigenvalue weighted by molar-refractivity contribution is 7.92. The maximum atomic E-state index is 12.5. The summed E-state index contributed by atoms with van der Waals surface area (Å²) in [7, 11) is -3.89. The van der Waals surface area contributed by atoms with E-state index in [2.05, 4.69) is 4.72 Å². The van der Waals surface area contributed by atoms with Crippen LogP contribution in [-0.2, 0) is 19.6 Å². The fraction of sp³-hybridized carbons (Fsp3) is 0.176. The highest BCUT2D eigenvalue weighted by atomic mass is 35.5. The lowest BCUT2D eigenvalue weighted by Crippen LogP contribution is -2.25. The summed E-state index contributed by atoms with van der Waals surface area (Å²) in [6.07, 6.45) is -0.0769. The first-order valence-electron chi connectivity index (χ1n) is 7.78. The van der Waals surface area contributed by atoms with Crippen LogP contribution in [0.2, 0.25) is 10.0 Å². The number of rotatable bonds is 5. The number of nitrogens with one attached hydrogen (secondary N) is 1. The summed E-state index contributed by atoms with van der Waals surface area (Å²) in [4.78, 5) is 24.3. The maximum absolute atomic E-state index is 12.5. The molecule has 10 heteroatoms. The number of halogens is 2. The third-order valence-electron chi connectivity index (χ3n) is 4.05. The Morgan fingerprint density at radius 1 is 1.11 bits per heavy atom. The number of amides is 1. The van der Waals surface area contributed by atoms with Crippen molar-refractivity contribution in [3.63, 3.8) is 0 Å². The molecule has 0 bridgehead atoms. The van der Waals surface area contributed by atoms with Gasteiger partial charge in [0.05, 0.1) is 16.5 Å². The molecule has 1 amide bonds. The Kier molecular flexibility index (Phi) is 5.32. The molecule has 0 spiro atoms. The van der Waals surface area contributed by atoms with Crippen molar-refractivity contribution in [2.45, 2.75) is 11.3 Å². The summed E-state index contributed by atoms with van der Waals surface area (Å²) >= 11 is 11.7. The van der Waals surface area contributed by atoms with E-state index in [1.165, 1.54) is 47.4 Å². The van der Waals surface area contributed by atoms with Gasteiger partial charge in [0, 0.05) is 28.7 Å². The molecule has 0 unspecified atom stereocenters. The minimum Gasteiger partial charge on any atom is -0.481 e. The van der Waals surface area contributed by atoms with Crippen LogP contribution in [0.4, 0.5) is 11.4 Å². The second kappa shape index (κ2) is 7.38. The van der Waals surface area contributed by atoms with E-state index in [0.29, 0.717) is 5.69 Å². The Labute approximate surface area is 165 Å². The molecule has 7 nitrogen and oxygen atoms in total. The monoisotopic (exact) mass is 428 g/mol. The second-order valence-corrected chi connectivity index (χ2v) is 8.56. The van der Waals surface area contributed by atoms with Gasteiger partial charge in [0.1, 0.15) is 0 Å². The van der Waals surface area contributed by atoms with E-state index in [-0.39, 0.29) is 39.5 Å². The first-order chi connectivity index (χ1) is 12.7. The van der Waals surface area contributed by atoms with Gasteiger partial charge in [-0.05, 0) is 42.5 Å². The summed E-state index contributed by atoms with van der Waals surface area (Å²) in [6, 6.07) is 9.93. The van der Waals surface area contributed by atoms with Crippen molar-refractivity contribution >= 4 is 56.5 Å². The van der Waals surface area contributed by atoms with E-state index >= 15 is 0 Å².